The van der Waals surface area contributed by atoms with E-state index < -0.39 is 0 Å². The van der Waals surface area contributed by atoms with E-state index in [2.05, 4.69) is 4.99 Å². The van der Waals surface area contributed by atoms with Crippen molar-refractivity contribution in [2.24, 2.45) is 10.4 Å². The molecule has 0 saturated heterocycles. The van der Waals surface area contributed by atoms with Gasteiger partial charge in [0.2, 0.25) is 0 Å². The Hall–Kier alpha value is -2.88. The Morgan fingerprint density at radius 1 is 1.04 bits per heavy atom. The number of allylic oxidation sites excluding steroid dienone is 1. The van der Waals surface area contributed by atoms with Gasteiger partial charge in [-0.3, -0.25) is 9.79 Å². The highest BCUT2D eigenvalue weighted by Gasteiger charge is 2.36. The first kappa shape index (κ1) is 17.9. The van der Waals surface area contributed by atoms with E-state index in [4.69, 9.17) is 4.74 Å². The molecule has 0 aromatic heterocycles. The quantitative estimate of drug-likeness (QED) is 0.617. The van der Waals surface area contributed by atoms with Crippen LogP contribution in [0.2, 0.25) is 0 Å². The molecule has 2 aromatic rings. The summed E-state index contributed by atoms with van der Waals surface area (Å²) in [6, 6.07) is 16.5. The Morgan fingerprint density at radius 2 is 1.69 bits per heavy atom. The highest BCUT2D eigenvalue weighted by molar-refractivity contribution is 6.28. The van der Waals surface area contributed by atoms with E-state index in [9.17, 15) is 9.90 Å². The van der Waals surface area contributed by atoms with E-state index in [0.29, 0.717) is 29.7 Å². The molecule has 0 radical (unpaired) electrons. The molecule has 0 amide bonds. The van der Waals surface area contributed by atoms with Crippen molar-refractivity contribution >= 4 is 22.9 Å². The molecule has 0 unspecified atom stereocenters. The number of hydrogen-bond acceptors (Lipinski definition) is 4. The van der Waals surface area contributed by atoms with Gasteiger partial charge in [-0.2, -0.15) is 0 Å². The van der Waals surface area contributed by atoms with Crippen LogP contribution in [0.3, 0.4) is 0 Å². The fourth-order valence-electron chi connectivity index (χ4n) is 3.21. The van der Waals surface area contributed by atoms with E-state index in [1.54, 1.807) is 19.2 Å². The maximum atomic E-state index is 12.8. The number of aliphatic imine (C=N–C) groups is 1. The summed E-state index contributed by atoms with van der Waals surface area (Å²) >= 11 is 0. The molecule has 2 aromatic carbocycles. The van der Waals surface area contributed by atoms with Crippen molar-refractivity contribution in [1.29, 1.82) is 0 Å². The summed E-state index contributed by atoms with van der Waals surface area (Å²) in [5.74, 6) is 0.671. The monoisotopic (exact) mass is 349 g/mol. The van der Waals surface area contributed by atoms with Crippen LogP contribution in [0, 0.1) is 5.41 Å². The molecule has 1 saturated carbocycles. The predicted octanol–water partition coefficient (Wildman–Crippen LogP) is 5.13. The summed E-state index contributed by atoms with van der Waals surface area (Å²) in [5, 5.41) is 10.8. The molecule has 4 heteroatoms. The summed E-state index contributed by atoms with van der Waals surface area (Å²) in [5.41, 5.74) is 2.11. The average Bonchev–Trinajstić information content (AvgIpc) is 2.61. The molecule has 1 N–H and O–H groups in total. The van der Waals surface area contributed by atoms with Crippen LogP contribution >= 0.6 is 0 Å². The van der Waals surface area contributed by atoms with Crippen LogP contribution in [0.25, 0.3) is 5.76 Å². The fraction of sp³-hybridized carbons (Fsp3) is 0.273. The Morgan fingerprint density at radius 3 is 2.31 bits per heavy atom. The first-order valence-corrected chi connectivity index (χ1v) is 8.63. The van der Waals surface area contributed by atoms with E-state index >= 15 is 0 Å². The minimum absolute atomic E-state index is 0.00152. The van der Waals surface area contributed by atoms with Gasteiger partial charge < -0.3 is 9.84 Å². The molecule has 0 aliphatic heterocycles. The van der Waals surface area contributed by atoms with Gasteiger partial charge in [0.25, 0.3) is 0 Å². The number of benzene rings is 2. The number of nitrogens with zero attached hydrogens (tertiary/aromatic N) is 1. The Kier molecular flexibility index (Phi) is 4.94. The van der Waals surface area contributed by atoms with Gasteiger partial charge in [-0.15, -0.1) is 0 Å². The molecular weight excluding hydrogens is 326 g/mol. The third-order valence-corrected chi connectivity index (χ3v) is 4.47. The molecule has 1 aliphatic carbocycles. The zero-order valence-electron chi connectivity index (χ0n) is 15.3. The lowest BCUT2D eigenvalue weighted by Crippen LogP contribution is -2.32. The van der Waals surface area contributed by atoms with Crippen LogP contribution in [0.15, 0.2) is 65.2 Å². The second-order valence-electron chi connectivity index (χ2n) is 7.29. The van der Waals surface area contributed by atoms with Crippen molar-refractivity contribution in [3.8, 4) is 5.75 Å². The van der Waals surface area contributed by atoms with Crippen LogP contribution in [0.4, 0.5) is 5.69 Å². The lowest BCUT2D eigenvalue weighted by Gasteiger charge is -2.31. The van der Waals surface area contributed by atoms with E-state index in [0.717, 1.165) is 11.4 Å². The lowest BCUT2D eigenvalue weighted by atomic mass is 9.73. The summed E-state index contributed by atoms with van der Waals surface area (Å²) in [6.07, 6.45) is 1.01. The number of carbonyl (C=O) groups excluding carboxylic acids is 1. The number of ether oxygens (including phenoxy) is 1. The molecule has 0 heterocycles. The molecule has 134 valence electrons. The second kappa shape index (κ2) is 7.16. The molecule has 26 heavy (non-hydrogen) atoms. The number of rotatable bonds is 3. The van der Waals surface area contributed by atoms with Gasteiger partial charge in [0.05, 0.1) is 24.1 Å². The largest absolute Gasteiger partial charge is 0.506 e. The van der Waals surface area contributed by atoms with Crippen LogP contribution in [-0.2, 0) is 4.79 Å². The number of Topliss-reactive ketones (excluding diaryl/α,β-unsaturated/α-hetero) is 1. The zero-order chi connectivity index (χ0) is 18.7. The van der Waals surface area contributed by atoms with Gasteiger partial charge in [0.1, 0.15) is 11.5 Å². The van der Waals surface area contributed by atoms with Gasteiger partial charge in [-0.05, 0) is 36.1 Å². The standard InChI is InChI=1S/C22H23NO3/c1-22(2)13-18(23-16-9-11-17(26-3)12-10-16)20(19(24)14-22)21(25)15-7-5-4-6-8-15/h4-12,25H,13-14H2,1-3H3. The molecule has 4 nitrogen and oxygen atoms in total. The van der Waals surface area contributed by atoms with E-state index in [-0.39, 0.29) is 17.0 Å². The van der Waals surface area contributed by atoms with Gasteiger partial charge >= 0.3 is 0 Å². The van der Waals surface area contributed by atoms with Gasteiger partial charge in [-0.25, -0.2) is 0 Å². The van der Waals surface area contributed by atoms with Crippen LogP contribution in [0.1, 0.15) is 32.3 Å². The Bertz CT molecular complexity index is 862. The number of carbonyl (C=O) groups is 1. The van der Waals surface area contributed by atoms with Crippen LogP contribution in [0.5, 0.6) is 5.75 Å². The van der Waals surface area contributed by atoms with Crippen molar-refractivity contribution < 1.29 is 14.6 Å². The normalized spacial score (nSPS) is 20.1. The summed E-state index contributed by atoms with van der Waals surface area (Å²) in [4.78, 5) is 17.5. The molecule has 0 atom stereocenters. The first-order valence-electron chi connectivity index (χ1n) is 8.63. The maximum absolute atomic E-state index is 12.8. The average molecular weight is 349 g/mol. The number of hydrogen-bond donors (Lipinski definition) is 1. The first-order chi connectivity index (χ1) is 12.4. The Balaban J connectivity index is 2.10. The Labute approximate surface area is 153 Å². The molecule has 1 fully saturated rings. The zero-order valence-corrected chi connectivity index (χ0v) is 15.3. The third kappa shape index (κ3) is 3.85. The number of aliphatic hydroxyl groups is 1. The minimum Gasteiger partial charge on any atom is -0.506 e. The molecule has 0 bridgehead atoms. The molecule has 1 aliphatic rings. The van der Waals surface area contributed by atoms with E-state index in [1.165, 1.54) is 0 Å². The van der Waals surface area contributed by atoms with E-state index in [1.807, 2.05) is 56.3 Å². The SMILES string of the molecule is COc1ccc(N=C2CC(C)(C)CC(=O)C2=C(O)c2ccccc2)cc1. The van der Waals surface area contributed by atoms with Crippen molar-refractivity contribution in [1.82, 2.24) is 0 Å². The topological polar surface area (TPSA) is 58.9 Å². The van der Waals surface area contributed by atoms with Gasteiger partial charge in [-0.1, -0.05) is 44.2 Å². The molecular formula is C22H23NO3. The van der Waals surface area contributed by atoms with Crippen molar-refractivity contribution in [3.63, 3.8) is 0 Å². The summed E-state index contributed by atoms with van der Waals surface area (Å²) < 4.78 is 5.17. The lowest BCUT2D eigenvalue weighted by molar-refractivity contribution is -0.117. The minimum atomic E-state index is -0.192. The van der Waals surface area contributed by atoms with Gasteiger partial charge in [0.15, 0.2) is 5.78 Å². The number of methoxy groups -OCH3 is 1. The van der Waals surface area contributed by atoms with Crippen molar-refractivity contribution in [3.05, 3.63) is 65.7 Å². The highest BCUT2D eigenvalue weighted by Crippen LogP contribution is 2.37. The maximum Gasteiger partial charge on any atom is 0.169 e. The summed E-state index contributed by atoms with van der Waals surface area (Å²) in [6.45, 7) is 4.09. The molecule has 3 rings (SSSR count). The van der Waals surface area contributed by atoms with Crippen molar-refractivity contribution in [2.45, 2.75) is 26.7 Å². The smallest absolute Gasteiger partial charge is 0.169 e. The summed E-state index contributed by atoms with van der Waals surface area (Å²) in [7, 11) is 1.61. The molecule has 0 spiro atoms. The van der Waals surface area contributed by atoms with Crippen molar-refractivity contribution in [2.75, 3.05) is 7.11 Å². The fourth-order valence-corrected chi connectivity index (χ4v) is 3.21. The third-order valence-electron chi connectivity index (χ3n) is 4.47. The number of aliphatic hydroxyl groups excluding tert-OH is 1. The highest BCUT2D eigenvalue weighted by atomic mass is 16.5. The number of ketones is 1. The predicted molar refractivity (Wildman–Crippen MR) is 104 cm³/mol. The van der Waals surface area contributed by atoms with Crippen LogP contribution in [-0.4, -0.2) is 23.7 Å². The van der Waals surface area contributed by atoms with Crippen LogP contribution < -0.4 is 4.74 Å². The second-order valence-corrected chi connectivity index (χ2v) is 7.29. The van der Waals surface area contributed by atoms with Gasteiger partial charge in [0, 0.05) is 12.0 Å².